The molecule has 9 N–H and O–H groups in total. The number of hydrogen-bond acceptors (Lipinski definition) is 6. The highest BCUT2D eigenvalue weighted by atomic mass is 16.4. The number of fused-ring (bicyclic) bond motifs is 1. The minimum atomic E-state index is -1.42. The fraction of sp³-hybridized carbons (Fsp3) is 0.350. The Bertz CT molecular complexity index is 1020. The number of carbonyl (C=O) groups excluding carboxylic acids is 4. The van der Waals surface area contributed by atoms with Crippen LogP contribution in [0.2, 0.25) is 0 Å². The van der Waals surface area contributed by atoms with Crippen molar-refractivity contribution in [2.24, 2.45) is 11.5 Å². The van der Waals surface area contributed by atoms with E-state index >= 15 is 0 Å². The maximum Gasteiger partial charge on any atom is 0.326 e. The zero-order chi connectivity index (χ0) is 23.8. The average molecular weight is 446 g/mol. The molecule has 0 saturated carbocycles. The second kappa shape index (κ2) is 10.9. The Morgan fingerprint density at radius 3 is 2.38 bits per heavy atom. The van der Waals surface area contributed by atoms with Crippen LogP contribution >= 0.6 is 0 Å². The third kappa shape index (κ3) is 6.80. The van der Waals surface area contributed by atoms with Crippen molar-refractivity contribution in [2.75, 3.05) is 6.54 Å². The van der Waals surface area contributed by atoms with Crippen molar-refractivity contribution in [3.8, 4) is 0 Å². The smallest absolute Gasteiger partial charge is 0.326 e. The predicted octanol–water partition coefficient (Wildman–Crippen LogP) is -1.90. The van der Waals surface area contributed by atoms with Gasteiger partial charge in [-0.05, 0) is 18.6 Å². The molecule has 12 nitrogen and oxygen atoms in total. The van der Waals surface area contributed by atoms with Crippen LogP contribution in [0.3, 0.4) is 0 Å². The summed E-state index contributed by atoms with van der Waals surface area (Å²) in [6, 6.07) is 3.69. The molecule has 0 saturated heterocycles. The molecule has 172 valence electrons. The van der Waals surface area contributed by atoms with Crippen LogP contribution in [0.15, 0.2) is 30.5 Å². The highest BCUT2D eigenvalue weighted by Crippen LogP contribution is 2.19. The fourth-order valence-corrected chi connectivity index (χ4v) is 2.98. The summed E-state index contributed by atoms with van der Waals surface area (Å²) in [5.41, 5.74) is 12.0. The van der Waals surface area contributed by atoms with Crippen LogP contribution in [0.1, 0.15) is 18.9 Å². The summed E-state index contributed by atoms with van der Waals surface area (Å²) in [6.45, 7) is 0.941. The normalized spacial score (nSPS) is 13.6. The molecule has 2 rings (SSSR count). The Balaban J connectivity index is 2.08. The van der Waals surface area contributed by atoms with Gasteiger partial charge >= 0.3 is 5.97 Å². The Labute approximate surface area is 183 Å². The molecular formula is C20H26N6O6. The first kappa shape index (κ1) is 24.3. The third-order valence-electron chi connectivity index (χ3n) is 4.61. The van der Waals surface area contributed by atoms with E-state index in [4.69, 9.17) is 11.5 Å². The van der Waals surface area contributed by atoms with Crippen molar-refractivity contribution in [3.63, 3.8) is 0 Å². The number of primary amides is 1. The Hall–Kier alpha value is -3.93. The number of hydrogen-bond donors (Lipinski definition) is 7. The van der Waals surface area contributed by atoms with Crippen LogP contribution in [0.4, 0.5) is 0 Å². The summed E-state index contributed by atoms with van der Waals surface area (Å²) in [6.07, 6.45) is 1.06. The first-order chi connectivity index (χ1) is 15.1. The van der Waals surface area contributed by atoms with E-state index in [1.54, 1.807) is 12.3 Å². The molecule has 3 unspecified atom stereocenters. The number of aliphatic carboxylic acids is 1. The van der Waals surface area contributed by atoms with Crippen LogP contribution < -0.4 is 27.4 Å². The Morgan fingerprint density at radius 2 is 1.75 bits per heavy atom. The van der Waals surface area contributed by atoms with E-state index in [0.29, 0.717) is 5.56 Å². The maximum absolute atomic E-state index is 12.7. The van der Waals surface area contributed by atoms with Crippen molar-refractivity contribution < 1.29 is 29.1 Å². The lowest BCUT2D eigenvalue weighted by atomic mass is 10.0. The van der Waals surface area contributed by atoms with Gasteiger partial charge in [-0.1, -0.05) is 18.2 Å². The van der Waals surface area contributed by atoms with Gasteiger partial charge in [0.15, 0.2) is 0 Å². The van der Waals surface area contributed by atoms with E-state index in [0.717, 1.165) is 10.9 Å². The molecule has 3 atom stereocenters. The molecule has 0 aliphatic heterocycles. The highest BCUT2D eigenvalue weighted by molar-refractivity contribution is 5.95. The van der Waals surface area contributed by atoms with Gasteiger partial charge in [-0.3, -0.25) is 19.2 Å². The second-order valence-corrected chi connectivity index (χ2v) is 7.26. The molecule has 1 aromatic heterocycles. The van der Waals surface area contributed by atoms with Crippen LogP contribution in [0.5, 0.6) is 0 Å². The Morgan fingerprint density at radius 1 is 1.06 bits per heavy atom. The van der Waals surface area contributed by atoms with Gasteiger partial charge in [-0.25, -0.2) is 4.79 Å². The molecule has 4 amide bonds. The van der Waals surface area contributed by atoms with Crippen LogP contribution in [-0.2, 0) is 30.4 Å². The number of carboxylic acids is 1. The lowest BCUT2D eigenvalue weighted by molar-refractivity contribution is -0.142. The molecule has 32 heavy (non-hydrogen) atoms. The zero-order valence-corrected chi connectivity index (χ0v) is 17.4. The minimum Gasteiger partial charge on any atom is -0.480 e. The quantitative estimate of drug-likeness (QED) is 0.208. The number of nitrogens with two attached hydrogens (primary N) is 2. The van der Waals surface area contributed by atoms with Crippen molar-refractivity contribution in [1.29, 1.82) is 0 Å². The molecular weight excluding hydrogens is 420 g/mol. The number of rotatable bonds is 11. The summed E-state index contributed by atoms with van der Waals surface area (Å²) in [4.78, 5) is 62.3. The lowest BCUT2D eigenvalue weighted by Crippen LogP contribution is -2.55. The average Bonchev–Trinajstić information content (AvgIpc) is 3.13. The van der Waals surface area contributed by atoms with Crippen molar-refractivity contribution >= 4 is 40.5 Å². The van der Waals surface area contributed by atoms with Crippen LogP contribution in [-0.4, -0.2) is 64.4 Å². The number of aromatic nitrogens is 1. The van der Waals surface area contributed by atoms with Gasteiger partial charge in [0.1, 0.15) is 12.1 Å². The second-order valence-electron chi connectivity index (χ2n) is 7.26. The van der Waals surface area contributed by atoms with Gasteiger partial charge in [0.05, 0.1) is 19.0 Å². The lowest BCUT2D eigenvalue weighted by Gasteiger charge is -2.21. The zero-order valence-electron chi connectivity index (χ0n) is 17.4. The summed E-state index contributed by atoms with van der Waals surface area (Å²) in [5.74, 6) is -4.43. The highest BCUT2D eigenvalue weighted by Gasteiger charge is 2.28. The topological polar surface area (TPSA) is 209 Å². The molecule has 0 aliphatic carbocycles. The molecule has 1 heterocycles. The number of H-pyrrole nitrogens is 1. The SMILES string of the molecule is CC(N)C(=O)NCC(=O)NC(CC(N)=O)C(=O)NC(Cc1c[nH]c2ccccc12)C(=O)O. The summed E-state index contributed by atoms with van der Waals surface area (Å²) < 4.78 is 0. The number of aromatic amines is 1. The van der Waals surface area contributed by atoms with Gasteiger partial charge in [0.25, 0.3) is 0 Å². The number of amides is 4. The van der Waals surface area contributed by atoms with Gasteiger partial charge in [0, 0.05) is 23.5 Å². The van der Waals surface area contributed by atoms with Gasteiger partial charge in [0.2, 0.25) is 23.6 Å². The fourth-order valence-electron chi connectivity index (χ4n) is 2.98. The first-order valence-corrected chi connectivity index (χ1v) is 9.77. The monoisotopic (exact) mass is 446 g/mol. The van der Waals surface area contributed by atoms with Crippen LogP contribution in [0, 0.1) is 0 Å². The summed E-state index contributed by atoms with van der Waals surface area (Å²) in [7, 11) is 0. The van der Waals surface area contributed by atoms with E-state index in [2.05, 4.69) is 20.9 Å². The summed E-state index contributed by atoms with van der Waals surface area (Å²) in [5, 5.41) is 17.2. The van der Waals surface area contributed by atoms with E-state index in [1.165, 1.54) is 6.92 Å². The van der Waals surface area contributed by atoms with Gasteiger partial charge in [-0.15, -0.1) is 0 Å². The minimum absolute atomic E-state index is 0.0350. The standard InChI is InChI=1S/C20H26N6O6/c1-10(21)18(29)24-9-17(28)25-14(7-16(22)27)19(30)26-15(20(31)32)6-11-8-23-13-5-3-2-4-12(11)13/h2-5,8,10,14-15,23H,6-7,9,21H2,1H3,(H2,22,27)(H,24,29)(H,25,28)(H,26,30)(H,31,32). The predicted molar refractivity (Wildman–Crippen MR) is 114 cm³/mol. The number of carboxylic acid groups (broad SMARTS) is 1. The molecule has 0 bridgehead atoms. The summed E-state index contributed by atoms with van der Waals surface area (Å²) >= 11 is 0. The van der Waals surface area contributed by atoms with Crippen molar-refractivity contribution in [3.05, 3.63) is 36.0 Å². The first-order valence-electron chi connectivity index (χ1n) is 9.77. The number of para-hydroxylation sites is 1. The molecule has 0 aliphatic rings. The molecule has 12 heteroatoms. The largest absolute Gasteiger partial charge is 0.480 e. The van der Waals surface area contributed by atoms with Gasteiger partial charge in [-0.2, -0.15) is 0 Å². The molecule has 1 aromatic carbocycles. The van der Waals surface area contributed by atoms with Gasteiger partial charge < -0.3 is 37.5 Å². The molecule has 0 radical (unpaired) electrons. The molecule has 2 aromatic rings. The van der Waals surface area contributed by atoms with Crippen molar-refractivity contribution in [1.82, 2.24) is 20.9 Å². The maximum atomic E-state index is 12.7. The van der Waals surface area contributed by atoms with Crippen molar-refractivity contribution in [2.45, 2.75) is 37.9 Å². The number of nitrogens with one attached hydrogen (secondary N) is 4. The van der Waals surface area contributed by atoms with Crippen LogP contribution in [0.25, 0.3) is 10.9 Å². The molecule has 0 spiro atoms. The number of carbonyl (C=O) groups is 5. The Kier molecular flexibility index (Phi) is 8.30. The third-order valence-corrected chi connectivity index (χ3v) is 4.61. The number of benzene rings is 1. The van der Waals surface area contributed by atoms with E-state index < -0.39 is 60.7 Å². The van der Waals surface area contributed by atoms with E-state index in [9.17, 15) is 29.1 Å². The van der Waals surface area contributed by atoms with E-state index in [-0.39, 0.29) is 6.42 Å². The van der Waals surface area contributed by atoms with E-state index in [1.807, 2.05) is 18.2 Å². The molecule has 0 fully saturated rings.